The lowest BCUT2D eigenvalue weighted by atomic mass is 10.3. The van der Waals surface area contributed by atoms with Crippen LogP contribution in [0.3, 0.4) is 0 Å². The first-order chi connectivity index (χ1) is 4.61. The first kappa shape index (κ1) is 6.69. The summed E-state index contributed by atoms with van der Waals surface area (Å²) in [5.74, 6) is -1.29. The van der Waals surface area contributed by atoms with Gasteiger partial charge in [0.15, 0.2) is 11.9 Å². The molecule has 0 radical (unpaired) electrons. The minimum atomic E-state index is -1.48. The fourth-order valence-corrected chi connectivity index (χ4v) is 0.538. The molecule has 0 aromatic carbocycles. The van der Waals surface area contributed by atoms with E-state index in [-0.39, 0.29) is 5.96 Å². The van der Waals surface area contributed by atoms with Crippen LogP contribution < -0.4 is 11.1 Å². The Bertz CT molecular complexity index is 221. The average Bonchev–Trinajstić information content (AvgIpc) is 1.82. The molecule has 6 nitrogen and oxygen atoms in total. The van der Waals surface area contributed by atoms with Gasteiger partial charge in [-0.3, -0.25) is 15.5 Å². The molecule has 1 heterocycles. The highest BCUT2D eigenvalue weighted by Gasteiger charge is 2.25. The van der Waals surface area contributed by atoms with E-state index in [0.29, 0.717) is 0 Å². The number of nitrogens with zero attached hydrogens (tertiary/aromatic N) is 1. The molecule has 1 aliphatic rings. The highest BCUT2D eigenvalue weighted by molar-refractivity contribution is 6.17. The lowest BCUT2D eigenvalue weighted by molar-refractivity contribution is -0.125. The Hall–Kier alpha value is -1.43. The molecule has 5 N–H and O–H groups in total. The van der Waals surface area contributed by atoms with Crippen LogP contribution in [0.4, 0.5) is 0 Å². The van der Waals surface area contributed by atoms with Crippen molar-refractivity contribution in [1.29, 1.82) is 5.41 Å². The van der Waals surface area contributed by atoms with Crippen molar-refractivity contribution in [3.63, 3.8) is 0 Å². The quantitative estimate of drug-likeness (QED) is 0.307. The number of amidine groups is 1. The number of amides is 1. The summed E-state index contributed by atoms with van der Waals surface area (Å²) in [6.07, 6.45) is -1.48. The van der Waals surface area contributed by atoms with Gasteiger partial charge in [-0.1, -0.05) is 0 Å². The molecule has 0 spiro atoms. The number of carbonyl (C=O) groups excluding carboxylic acids is 1. The van der Waals surface area contributed by atoms with Gasteiger partial charge in [0, 0.05) is 0 Å². The Morgan fingerprint density at radius 2 is 2.40 bits per heavy atom. The van der Waals surface area contributed by atoms with Gasteiger partial charge >= 0.3 is 0 Å². The Labute approximate surface area is 56.3 Å². The lowest BCUT2D eigenvalue weighted by Crippen LogP contribution is -2.50. The normalized spacial score (nSPS) is 25.7. The monoisotopic (exact) mass is 142 g/mol. The topological polar surface area (TPSA) is 112 Å². The maximum atomic E-state index is 10.6. The van der Waals surface area contributed by atoms with Gasteiger partial charge in [-0.25, -0.2) is 0 Å². The minimum absolute atomic E-state index is 0.152. The van der Waals surface area contributed by atoms with E-state index < -0.39 is 17.8 Å². The molecule has 0 saturated heterocycles. The van der Waals surface area contributed by atoms with E-state index in [1.165, 1.54) is 0 Å². The third-order valence-electron chi connectivity index (χ3n) is 1.000. The fraction of sp³-hybridized carbons (Fsp3) is 0.250. The summed E-state index contributed by atoms with van der Waals surface area (Å²) >= 11 is 0. The lowest BCUT2D eigenvalue weighted by Gasteiger charge is -2.14. The Morgan fingerprint density at radius 1 is 1.80 bits per heavy atom. The molecule has 0 saturated carbocycles. The van der Waals surface area contributed by atoms with Gasteiger partial charge in [0.05, 0.1) is 0 Å². The van der Waals surface area contributed by atoms with Crippen LogP contribution in [0.2, 0.25) is 0 Å². The smallest absolute Gasteiger partial charge is 0.263 e. The van der Waals surface area contributed by atoms with Gasteiger partial charge in [-0.15, -0.1) is 0 Å². The van der Waals surface area contributed by atoms with Crippen molar-refractivity contribution in [3.8, 4) is 0 Å². The summed E-state index contributed by atoms with van der Waals surface area (Å²) < 4.78 is 0. The molecule has 0 aromatic rings. The third kappa shape index (κ3) is 0.960. The number of carbonyl (C=O) groups is 1. The zero-order chi connectivity index (χ0) is 7.72. The predicted molar refractivity (Wildman–Crippen MR) is 33.5 cm³/mol. The largest absolute Gasteiger partial charge is 0.376 e. The molecule has 1 amide bonds. The van der Waals surface area contributed by atoms with Crippen LogP contribution in [0.15, 0.2) is 4.99 Å². The van der Waals surface area contributed by atoms with Crippen LogP contribution in [0.25, 0.3) is 0 Å². The first-order valence-electron chi connectivity index (χ1n) is 2.53. The van der Waals surface area contributed by atoms with Crippen molar-refractivity contribution in [3.05, 3.63) is 0 Å². The van der Waals surface area contributed by atoms with Crippen molar-refractivity contribution >= 4 is 17.7 Å². The van der Waals surface area contributed by atoms with Crippen molar-refractivity contribution in [2.45, 2.75) is 6.10 Å². The molecular formula is C4H6N4O2. The molecule has 0 aromatic heterocycles. The van der Waals surface area contributed by atoms with E-state index in [4.69, 9.17) is 16.2 Å². The molecule has 0 aliphatic carbocycles. The van der Waals surface area contributed by atoms with Gasteiger partial charge < -0.3 is 10.8 Å². The van der Waals surface area contributed by atoms with E-state index in [1.54, 1.807) is 0 Å². The Kier molecular flexibility index (Phi) is 1.38. The summed E-state index contributed by atoms with van der Waals surface area (Å²) in [6.45, 7) is 0. The molecule has 1 aliphatic heterocycles. The maximum Gasteiger partial charge on any atom is 0.263 e. The number of nitrogens with one attached hydrogen (secondary N) is 2. The zero-order valence-corrected chi connectivity index (χ0v) is 4.96. The number of aliphatic hydroxyl groups is 1. The van der Waals surface area contributed by atoms with Crippen LogP contribution in [0.5, 0.6) is 0 Å². The van der Waals surface area contributed by atoms with Crippen LogP contribution in [0.1, 0.15) is 0 Å². The molecule has 1 rings (SSSR count). The van der Waals surface area contributed by atoms with E-state index in [2.05, 4.69) is 10.3 Å². The van der Waals surface area contributed by atoms with Crippen LogP contribution >= 0.6 is 0 Å². The maximum absolute atomic E-state index is 10.6. The van der Waals surface area contributed by atoms with Crippen LogP contribution in [-0.4, -0.2) is 28.9 Å². The molecule has 54 valence electrons. The number of guanidine groups is 1. The average molecular weight is 142 g/mol. The second kappa shape index (κ2) is 2.07. The second-order valence-corrected chi connectivity index (χ2v) is 1.77. The van der Waals surface area contributed by atoms with E-state index in [9.17, 15) is 4.79 Å². The summed E-state index contributed by atoms with van der Waals surface area (Å²) in [5.41, 5.74) is 5.04. The number of hydrogen-bond donors (Lipinski definition) is 4. The second-order valence-electron chi connectivity index (χ2n) is 1.77. The fourth-order valence-electron chi connectivity index (χ4n) is 0.538. The van der Waals surface area contributed by atoms with Crippen molar-refractivity contribution in [2.75, 3.05) is 0 Å². The molecular weight excluding hydrogens is 136 g/mol. The number of aliphatic hydroxyl groups excluding tert-OH is 1. The van der Waals surface area contributed by atoms with Crippen LogP contribution in [0, 0.1) is 5.41 Å². The number of aliphatic imine (C=N–C) groups is 1. The zero-order valence-electron chi connectivity index (χ0n) is 4.96. The summed E-state index contributed by atoms with van der Waals surface area (Å²) in [5, 5.41) is 17.7. The summed E-state index contributed by atoms with van der Waals surface area (Å²) in [6, 6.07) is 0. The van der Waals surface area contributed by atoms with Crippen molar-refractivity contribution < 1.29 is 9.90 Å². The molecule has 6 heteroatoms. The Morgan fingerprint density at radius 3 is 2.90 bits per heavy atom. The molecule has 10 heavy (non-hydrogen) atoms. The standard InChI is InChI=1S/C4H6N4O2/c5-2-1(9)3(10)8-4(6)7-2/h1,9H,(H4,5,6,7,8,10). The molecule has 1 unspecified atom stereocenters. The minimum Gasteiger partial charge on any atom is -0.376 e. The summed E-state index contributed by atoms with van der Waals surface area (Å²) in [7, 11) is 0. The van der Waals surface area contributed by atoms with Gasteiger partial charge in [-0.2, -0.15) is 4.99 Å². The molecule has 0 fully saturated rings. The number of rotatable bonds is 0. The van der Waals surface area contributed by atoms with Gasteiger partial charge in [0.1, 0.15) is 0 Å². The SMILES string of the molecule is N=C1N=C(N)NC(=O)C1O. The van der Waals surface area contributed by atoms with Crippen molar-refractivity contribution in [1.82, 2.24) is 5.32 Å². The van der Waals surface area contributed by atoms with Gasteiger partial charge in [0.25, 0.3) is 5.91 Å². The first-order valence-corrected chi connectivity index (χ1v) is 2.53. The summed E-state index contributed by atoms with van der Waals surface area (Å²) in [4.78, 5) is 13.9. The van der Waals surface area contributed by atoms with E-state index in [1.807, 2.05) is 0 Å². The predicted octanol–water partition coefficient (Wildman–Crippen LogP) is -2.23. The van der Waals surface area contributed by atoms with E-state index in [0.717, 1.165) is 0 Å². The van der Waals surface area contributed by atoms with E-state index >= 15 is 0 Å². The number of hydrogen-bond acceptors (Lipinski definition) is 4. The highest BCUT2D eigenvalue weighted by Crippen LogP contribution is 1.93. The highest BCUT2D eigenvalue weighted by atomic mass is 16.3. The van der Waals surface area contributed by atoms with Gasteiger partial charge in [-0.05, 0) is 0 Å². The molecule has 1 atom stereocenters. The number of nitrogens with two attached hydrogens (primary N) is 1. The van der Waals surface area contributed by atoms with Crippen LogP contribution in [-0.2, 0) is 4.79 Å². The molecule has 0 bridgehead atoms. The third-order valence-corrected chi connectivity index (χ3v) is 1.000. The van der Waals surface area contributed by atoms with Crippen molar-refractivity contribution in [2.24, 2.45) is 10.7 Å². The van der Waals surface area contributed by atoms with Gasteiger partial charge in [0.2, 0.25) is 5.96 Å². The Balaban J connectivity index is 2.89.